The lowest BCUT2D eigenvalue weighted by Crippen LogP contribution is -2.41. The van der Waals surface area contributed by atoms with Crippen LogP contribution in [0.4, 0.5) is 0 Å². The Labute approximate surface area is 165 Å². The Balaban J connectivity index is 0.00000312. The van der Waals surface area contributed by atoms with E-state index in [1.807, 2.05) is 43.3 Å². The van der Waals surface area contributed by atoms with Gasteiger partial charge in [-0.3, -0.25) is 9.78 Å². The van der Waals surface area contributed by atoms with Gasteiger partial charge >= 0.3 is 0 Å². The number of guanidine groups is 1. The van der Waals surface area contributed by atoms with E-state index in [1.54, 1.807) is 18.3 Å². The van der Waals surface area contributed by atoms with Crippen molar-refractivity contribution in [3.63, 3.8) is 0 Å². The highest BCUT2D eigenvalue weighted by Crippen LogP contribution is 1.97. The third-order valence-corrected chi connectivity index (χ3v) is 3.21. The molecule has 0 spiro atoms. The van der Waals surface area contributed by atoms with Crippen molar-refractivity contribution in [2.75, 3.05) is 19.6 Å². The van der Waals surface area contributed by atoms with Crippen LogP contribution in [0.25, 0.3) is 0 Å². The van der Waals surface area contributed by atoms with Gasteiger partial charge in [0.1, 0.15) is 0 Å². The molecule has 0 bridgehead atoms. The molecule has 1 amide bonds. The fourth-order valence-corrected chi connectivity index (χ4v) is 2.04. The zero-order chi connectivity index (χ0) is 17.0. The molecule has 0 aliphatic heterocycles. The topological polar surface area (TPSA) is 78.4 Å². The molecule has 0 aliphatic rings. The number of hydrogen-bond donors (Lipinski definition) is 3. The number of pyridine rings is 1. The van der Waals surface area contributed by atoms with E-state index in [0.717, 1.165) is 12.2 Å². The molecule has 1 aromatic carbocycles. The Morgan fingerprint density at radius 3 is 2.40 bits per heavy atom. The van der Waals surface area contributed by atoms with E-state index in [4.69, 9.17) is 0 Å². The molecule has 1 heterocycles. The van der Waals surface area contributed by atoms with Crippen LogP contribution in [0.15, 0.2) is 59.7 Å². The Hall–Kier alpha value is -2.16. The van der Waals surface area contributed by atoms with Gasteiger partial charge in [0.2, 0.25) is 0 Å². The average Bonchev–Trinajstić information content (AvgIpc) is 2.64. The Morgan fingerprint density at radius 1 is 1.00 bits per heavy atom. The first-order valence-corrected chi connectivity index (χ1v) is 8.05. The van der Waals surface area contributed by atoms with Crippen molar-refractivity contribution >= 4 is 35.8 Å². The van der Waals surface area contributed by atoms with Crippen molar-refractivity contribution in [1.29, 1.82) is 0 Å². The van der Waals surface area contributed by atoms with Crippen LogP contribution in [0.5, 0.6) is 0 Å². The summed E-state index contributed by atoms with van der Waals surface area (Å²) < 4.78 is 0. The molecule has 0 saturated heterocycles. The van der Waals surface area contributed by atoms with Gasteiger partial charge in [0.25, 0.3) is 5.91 Å². The minimum atomic E-state index is -0.0761. The minimum Gasteiger partial charge on any atom is -0.357 e. The molecule has 2 rings (SSSR count). The molecule has 0 aliphatic carbocycles. The zero-order valence-electron chi connectivity index (χ0n) is 14.2. The highest BCUT2D eigenvalue weighted by molar-refractivity contribution is 14.0. The lowest BCUT2D eigenvalue weighted by atomic mass is 10.2. The van der Waals surface area contributed by atoms with Gasteiger partial charge in [-0.15, -0.1) is 24.0 Å². The molecule has 2 aromatic rings. The maximum Gasteiger partial charge on any atom is 0.251 e. The molecular weight excluding hydrogens is 429 g/mol. The van der Waals surface area contributed by atoms with Gasteiger partial charge in [0.15, 0.2) is 5.96 Å². The summed E-state index contributed by atoms with van der Waals surface area (Å²) in [6.07, 6.45) is 1.75. The van der Waals surface area contributed by atoms with Crippen molar-refractivity contribution in [3.8, 4) is 0 Å². The standard InChI is InChI=1S/C18H23N5O.HI/c1-2-19-18(23-14-16-10-6-7-11-20-16)22-13-12-21-17(24)15-8-4-3-5-9-15;/h3-11H,2,12-14H2,1H3,(H,21,24)(H2,19,22,23);1H. The van der Waals surface area contributed by atoms with Gasteiger partial charge < -0.3 is 16.0 Å². The van der Waals surface area contributed by atoms with Gasteiger partial charge in [0.05, 0.1) is 12.2 Å². The van der Waals surface area contributed by atoms with E-state index in [0.29, 0.717) is 31.2 Å². The summed E-state index contributed by atoms with van der Waals surface area (Å²) in [6.45, 7) is 4.39. The van der Waals surface area contributed by atoms with E-state index in [-0.39, 0.29) is 29.9 Å². The lowest BCUT2D eigenvalue weighted by molar-refractivity contribution is 0.0954. The number of amides is 1. The van der Waals surface area contributed by atoms with Crippen LogP contribution in [-0.4, -0.2) is 36.5 Å². The van der Waals surface area contributed by atoms with Crippen molar-refractivity contribution in [2.45, 2.75) is 13.5 Å². The van der Waals surface area contributed by atoms with Crippen LogP contribution < -0.4 is 16.0 Å². The Kier molecular flexibility index (Phi) is 10.2. The number of carbonyl (C=O) groups is 1. The van der Waals surface area contributed by atoms with Gasteiger partial charge in [-0.2, -0.15) is 0 Å². The summed E-state index contributed by atoms with van der Waals surface area (Å²) in [5, 5.41) is 9.24. The van der Waals surface area contributed by atoms with E-state index in [1.165, 1.54) is 0 Å². The van der Waals surface area contributed by atoms with Crippen molar-refractivity contribution in [3.05, 3.63) is 66.0 Å². The summed E-state index contributed by atoms with van der Waals surface area (Å²) in [5.41, 5.74) is 1.57. The summed E-state index contributed by atoms with van der Waals surface area (Å²) in [4.78, 5) is 20.7. The highest BCUT2D eigenvalue weighted by Gasteiger charge is 2.03. The first kappa shape index (κ1) is 20.9. The van der Waals surface area contributed by atoms with E-state index < -0.39 is 0 Å². The van der Waals surface area contributed by atoms with Crippen LogP contribution in [0.2, 0.25) is 0 Å². The third-order valence-electron chi connectivity index (χ3n) is 3.21. The number of carbonyl (C=O) groups excluding carboxylic acids is 1. The number of rotatable bonds is 7. The SMILES string of the molecule is CCNC(=NCc1ccccn1)NCCNC(=O)c1ccccc1.I. The predicted octanol–water partition coefficient (Wildman–Crippen LogP) is 2.18. The minimum absolute atomic E-state index is 0. The quantitative estimate of drug-likeness (QED) is 0.260. The number of halogens is 1. The predicted molar refractivity (Wildman–Crippen MR) is 111 cm³/mol. The van der Waals surface area contributed by atoms with Crippen LogP contribution in [-0.2, 0) is 6.54 Å². The summed E-state index contributed by atoms with van der Waals surface area (Å²) >= 11 is 0. The van der Waals surface area contributed by atoms with Crippen molar-refractivity contribution in [1.82, 2.24) is 20.9 Å². The van der Waals surface area contributed by atoms with Gasteiger partial charge in [0, 0.05) is 31.4 Å². The second-order valence-electron chi connectivity index (χ2n) is 5.06. The average molecular weight is 453 g/mol. The van der Waals surface area contributed by atoms with Gasteiger partial charge in [-0.25, -0.2) is 4.99 Å². The second kappa shape index (κ2) is 12.2. The number of hydrogen-bond acceptors (Lipinski definition) is 3. The highest BCUT2D eigenvalue weighted by atomic mass is 127. The lowest BCUT2D eigenvalue weighted by Gasteiger charge is -2.11. The van der Waals surface area contributed by atoms with E-state index >= 15 is 0 Å². The summed E-state index contributed by atoms with van der Waals surface area (Å²) in [6, 6.07) is 14.9. The van der Waals surface area contributed by atoms with Crippen LogP contribution in [0.3, 0.4) is 0 Å². The van der Waals surface area contributed by atoms with Gasteiger partial charge in [-0.1, -0.05) is 24.3 Å². The fourth-order valence-electron chi connectivity index (χ4n) is 2.04. The molecule has 134 valence electrons. The second-order valence-corrected chi connectivity index (χ2v) is 5.06. The van der Waals surface area contributed by atoms with Crippen LogP contribution >= 0.6 is 24.0 Å². The molecular formula is C18H24IN5O. The molecule has 0 fully saturated rings. The molecule has 6 nitrogen and oxygen atoms in total. The third kappa shape index (κ3) is 7.97. The largest absolute Gasteiger partial charge is 0.357 e. The van der Waals surface area contributed by atoms with Crippen LogP contribution in [0.1, 0.15) is 23.0 Å². The maximum atomic E-state index is 11.9. The molecule has 0 saturated carbocycles. The number of nitrogens with zero attached hydrogens (tertiary/aromatic N) is 2. The van der Waals surface area contributed by atoms with E-state index in [9.17, 15) is 4.79 Å². The number of aliphatic imine (C=N–C) groups is 1. The molecule has 25 heavy (non-hydrogen) atoms. The zero-order valence-corrected chi connectivity index (χ0v) is 16.6. The number of aromatic nitrogens is 1. The van der Waals surface area contributed by atoms with E-state index in [2.05, 4.69) is 25.9 Å². The van der Waals surface area contributed by atoms with Crippen LogP contribution in [0, 0.1) is 0 Å². The fraction of sp³-hybridized carbons (Fsp3) is 0.278. The monoisotopic (exact) mass is 453 g/mol. The van der Waals surface area contributed by atoms with Crippen molar-refractivity contribution in [2.24, 2.45) is 4.99 Å². The molecule has 0 atom stereocenters. The molecule has 1 aromatic heterocycles. The smallest absolute Gasteiger partial charge is 0.251 e. The molecule has 0 unspecified atom stereocenters. The number of nitrogens with one attached hydrogen (secondary N) is 3. The van der Waals surface area contributed by atoms with Gasteiger partial charge in [-0.05, 0) is 31.2 Å². The molecule has 7 heteroatoms. The Bertz CT molecular complexity index is 649. The first-order valence-electron chi connectivity index (χ1n) is 8.05. The normalized spacial score (nSPS) is 10.5. The summed E-state index contributed by atoms with van der Waals surface area (Å²) in [7, 11) is 0. The van der Waals surface area contributed by atoms with Crippen molar-refractivity contribution < 1.29 is 4.79 Å². The first-order chi connectivity index (χ1) is 11.8. The number of benzene rings is 1. The Morgan fingerprint density at radius 2 is 1.72 bits per heavy atom. The molecule has 0 radical (unpaired) electrons. The maximum absolute atomic E-state index is 11.9. The summed E-state index contributed by atoms with van der Waals surface area (Å²) in [5.74, 6) is 0.630. The molecule has 3 N–H and O–H groups in total.